The number of nitrogens with one attached hydrogen (secondary N) is 1. The first-order valence-electron chi connectivity index (χ1n) is 5.59. The predicted octanol–water partition coefficient (Wildman–Crippen LogP) is 3.67. The number of aryl methyl sites for hydroxylation is 2. The van der Waals surface area contributed by atoms with E-state index in [0.717, 1.165) is 11.3 Å². The van der Waals surface area contributed by atoms with E-state index >= 15 is 0 Å². The van der Waals surface area contributed by atoms with Crippen LogP contribution in [0.2, 0.25) is 5.02 Å². The Morgan fingerprint density at radius 1 is 1.42 bits per heavy atom. The lowest BCUT2D eigenvalue weighted by Gasteiger charge is -2.10. The molecule has 0 aliphatic rings. The lowest BCUT2D eigenvalue weighted by atomic mass is 10.1. The number of anilines is 1. The molecule has 1 N–H and O–H groups in total. The van der Waals surface area contributed by atoms with Gasteiger partial charge >= 0.3 is 0 Å². The van der Waals surface area contributed by atoms with Crippen LogP contribution in [-0.4, -0.2) is 18.0 Å². The van der Waals surface area contributed by atoms with Crippen molar-refractivity contribution in [1.82, 2.24) is 4.98 Å². The average Bonchev–Trinajstić information content (AvgIpc) is 2.77. The molecule has 2 rings (SSSR count). The van der Waals surface area contributed by atoms with Gasteiger partial charge in [0.1, 0.15) is 5.75 Å². The van der Waals surface area contributed by atoms with Gasteiger partial charge in [0.15, 0.2) is 5.13 Å². The Bertz CT molecular complexity index is 625. The molecule has 4 nitrogen and oxygen atoms in total. The normalized spacial score (nSPS) is 10.3. The molecule has 0 atom stereocenters. The second kappa shape index (κ2) is 5.59. The van der Waals surface area contributed by atoms with Crippen LogP contribution in [0, 0.1) is 13.8 Å². The lowest BCUT2D eigenvalue weighted by Crippen LogP contribution is -2.13. The average molecular weight is 297 g/mol. The first-order valence-corrected chi connectivity index (χ1v) is 6.84. The number of ether oxygens (including phenoxy) is 1. The van der Waals surface area contributed by atoms with Gasteiger partial charge in [0.2, 0.25) is 0 Å². The van der Waals surface area contributed by atoms with Gasteiger partial charge in [0, 0.05) is 10.4 Å². The van der Waals surface area contributed by atoms with Crippen molar-refractivity contribution in [3.8, 4) is 5.75 Å². The molecule has 0 saturated heterocycles. The van der Waals surface area contributed by atoms with E-state index in [1.54, 1.807) is 12.1 Å². The molecule has 0 bridgehead atoms. The summed E-state index contributed by atoms with van der Waals surface area (Å²) in [6, 6.07) is 3.34. The van der Waals surface area contributed by atoms with Crippen molar-refractivity contribution in [3.63, 3.8) is 0 Å². The molecular weight excluding hydrogens is 284 g/mol. The summed E-state index contributed by atoms with van der Waals surface area (Å²) in [5.41, 5.74) is 2.13. The third kappa shape index (κ3) is 3.05. The summed E-state index contributed by atoms with van der Waals surface area (Å²) < 4.78 is 5.21. The minimum Gasteiger partial charge on any atom is -0.496 e. The predicted molar refractivity (Wildman–Crippen MR) is 77.5 cm³/mol. The van der Waals surface area contributed by atoms with Crippen LogP contribution in [0.4, 0.5) is 5.13 Å². The topological polar surface area (TPSA) is 51.2 Å². The highest BCUT2D eigenvalue weighted by atomic mass is 35.5. The van der Waals surface area contributed by atoms with Crippen molar-refractivity contribution >= 4 is 34.0 Å². The Balaban J connectivity index is 2.30. The fraction of sp³-hybridized carbons (Fsp3) is 0.231. The van der Waals surface area contributed by atoms with Gasteiger partial charge in [0.05, 0.1) is 18.4 Å². The number of aromatic nitrogens is 1. The summed E-state index contributed by atoms with van der Waals surface area (Å²) in [7, 11) is 1.52. The number of rotatable bonds is 3. The molecule has 0 fully saturated rings. The summed E-state index contributed by atoms with van der Waals surface area (Å²) in [5, 5.41) is 5.69. The van der Waals surface area contributed by atoms with Gasteiger partial charge in [-0.15, -0.1) is 11.3 Å². The van der Waals surface area contributed by atoms with Crippen LogP contribution in [0.25, 0.3) is 0 Å². The number of hydrogen-bond acceptors (Lipinski definition) is 4. The monoisotopic (exact) mass is 296 g/mol. The van der Waals surface area contributed by atoms with Gasteiger partial charge in [-0.2, -0.15) is 0 Å². The molecule has 0 unspecified atom stereocenters. The molecule has 100 valence electrons. The van der Waals surface area contributed by atoms with Crippen LogP contribution in [0.5, 0.6) is 5.75 Å². The Kier molecular flexibility index (Phi) is 4.07. The third-order valence-electron chi connectivity index (χ3n) is 2.56. The van der Waals surface area contributed by atoms with E-state index in [0.29, 0.717) is 21.5 Å². The van der Waals surface area contributed by atoms with Gasteiger partial charge in [-0.05, 0) is 31.5 Å². The second-order valence-electron chi connectivity index (χ2n) is 4.05. The molecule has 0 spiro atoms. The van der Waals surface area contributed by atoms with Crippen LogP contribution in [0.3, 0.4) is 0 Å². The third-order valence-corrected chi connectivity index (χ3v) is 3.85. The zero-order valence-electron chi connectivity index (χ0n) is 10.8. The van der Waals surface area contributed by atoms with Crippen LogP contribution < -0.4 is 10.1 Å². The summed E-state index contributed by atoms with van der Waals surface area (Å²) >= 11 is 7.42. The Morgan fingerprint density at radius 2 is 2.16 bits per heavy atom. The van der Waals surface area contributed by atoms with Crippen LogP contribution in [0.15, 0.2) is 17.5 Å². The minimum atomic E-state index is -0.284. The molecular formula is C13H13ClN2O2S. The molecule has 2 aromatic rings. The Labute approximate surface area is 120 Å². The fourth-order valence-electron chi connectivity index (χ4n) is 1.58. The van der Waals surface area contributed by atoms with Crippen LogP contribution in [-0.2, 0) is 0 Å². The maximum atomic E-state index is 12.2. The van der Waals surface area contributed by atoms with E-state index in [9.17, 15) is 4.79 Å². The summed E-state index contributed by atoms with van der Waals surface area (Å²) in [6.07, 6.45) is 0. The highest BCUT2D eigenvalue weighted by Crippen LogP contribution is 2.27. The molecule has 0 aliphatic carbocycles. The van der Waals surface area contributed by atoms with E-state index in [4.69, 9.17) is 16.3 Å². The van der Waals surface area contributed by atoms with Crippen molar-refractivity contribution in [2.45, 2.75) is 13.8 Å². The highest BCUT2D eigenvalue weighted by molar-refractivity contribution is 7.13. The molecule has 1 aromatic heterocycles. The van der Waals surface area contributed by atoms with E-state index in [1.165, 1.54) is 18.4 Å². The zero-order valence-corrected chi connectivity index (χ0v) is 12.4. The van der Waals surface area contributed by atoms with Gasteiger partial charge in [0.25, 0.3) is 5.91 Å². The summed E-state index contributed by atoms with van der Waals surface area (Å²) in [4.78, 5) is 16.4. The van der Waals surface area contributed by atoms with E-state index in [-0.39, 0.29) is 5.91 Å². The van der Waals surface area contributed by atoms with Crippen LogP contribution >= 0.6 is 22.9 Å². The smallest absolute Gasteiger partial charge is 0.261 e. The zero-order chi connectivity index (χ0) is 14.0. The molecule has 1 heterocycles. The molecule has 0 saturated carbocycles. The van der Waals surface area contributed by atoms with Crippen molar-refractivity contribution in [2.24, 2.45) is 0 Å². The first kappa shape index (κ1) is 13.8. The first-order chi connectivity index (χ1) is 9.01. The van der Waals surface area contributed by atoms with Crippen molar-refractivity contribution < 1.29 is 9.53 Å². The maximum Gasteiger partial charge on any atom is 0.261 e. The maximum absolute atomic E-state index is 12.2. The fourth-order valence-corrected chi connectivity index (χ4v) is 2.42. The highest BCUT2D eigenvalue weighted by Gasteiger charge is 2.15. The number of thiazole rings is 1. The van der Waals surface area contributed by atoms with Gasteiger partial charge in [-0.25, -0.2) is 4.98 Å². The number of amides is 1. The quantitative estimate of drug-likeness (QED) is 0.940. The number of benzene rings is 1. The Hall–Kier alpha value is -1.59. The van der Waals surface area contributed by atoms with E-state index < -0.39 is 0 Å². The number of carbonyl (C=O) groups is 1. The summed E-state index contributed by atoms with van der Waals surface area (Å²) in [6.45, 7) is 3.73. The second-order valence-corrected chi connectivity index (χ2v) is 5.32. The van der Waals surface area contributed by atoms with Crippen LogP contribution in [0.1, 0.15) is 21.6 Å². The molecule has 19 heavy (non-hydrogen) atoms. The molecule has 1 amide bonds. The molecule has 0 aliphatic heterocycles. The van der Waals surface area contributed by atoms with E-state index in [1.807, 2.05) is 19.2 Å². The largest absolute Gasteiger partial charge is 0.496 e. The standard InChI is InChI=1S/C13H13ClN2O2S/c1-7-4-11(18-3)9(5-10(7)14)12(17)16-13-15-8(2)6-19-13/h4-6H,1-3H3,(H,15,16,17). The van der Waals surface area contributed by atoms with Gasteiger partial charge in [-0.3, -0.25) is 10.1 Å². The minimum absolute atomic E-state index is 0.284. The van der Waals surface area contributed by atoms with Gasteiger partial charge in [-0.1, -0.05) is 11.6 Å². The molecule has 1 aromatic carbocycles. The SMILES string of the molecule is COc1cc(C)c(Cl)cc1C(=O)Nc1nc(C)cs1. The number of methoxy groups -OCH3 is 1. The van der Waals surface area contributed by atoms with Crippen molar-refractivity contribution in [3.05, 3.63) is 39.4 Å². The van der Waals surface area contributed by atoms with Crippen molar-refractivity contribution in [2.75, 3.05) is 12.4 Å². The van der Waals surface area contributed by atoms with E-state index in [2.05, 4.69) is 10.3 Å². The van der Waals surface area contributed by atoms with Crippen molar-refractivity contribution in [1.29, 1.82) is 0 Å². The molecule has 0 radical (unpaired) electrons. The number of nitrogens with zero attached hydrogens (tertiary/aromatic N) is 1. The number of halogens is 1. The number of carbonyl (C=O) groups excluding carboxylic acids is 1. The number of hydrogen-bond donors (Lipinski definition) is 1. The Morgan fingerprint density at radius 3 is 2.74 bits per heavy atom. The molecule has 6 heteroatoms. The van der Waals surface area contributed by atoms with Gasteiger partial charge < -0.3 is 4.74 Å². The lowest BCUT2D eigenvalue weighted by molar-refractivity contribution is 0.102. The summed E-state index contributed by atoms with van der Waals surface area (Å²) in [5.74, 6) is 0.209.